The molecule has 7 nitrogen and oxygen atoms in total. The molecule has 2 heterocycles. The van der Waals surface area contributed by atoms with Crippen LogP contribution in [0.3, 0.4) is 0 Å². The van der Waals surface area contributed by atoms with Crippen molar-refractivity contribution in [2.45, 2.75) is 44.3 Å². The van der Waals surface area contributed by atoms with Crippen molar-refractivity contribution in [1.82, 2.24) is 20.3 Å². The summed E-state index contributed by atoms with van der Waals surface area (Å²) in [5, 5.41) is 9.66. The van der Waals surface area contributed by atoms with Gasteiger partial charge in [-0.3, -0.25) is 0 Å². The number of nitrogens with zero attached hydrogens (tertiary/aromatic N) is 3. The first-order chi connectivity index (χ1) is 16.1. The Bertz CT molecular complexity index is 1240. The van der Waals surface area contributed by atoms with E-state index in [0.717, 1.165) is 66.2 Å². The van der Waals surface area contributed by atoms with Gasteiger partial charge < -0.3 is 25.3 Å². The molecule has 2 aromatic carbocycles. The summed E-state index contributed by atoms with van der Waals surface area (Å²) in [6, 6.07) is 15.3. The van der Waals surface area contributed by atoms with Crippen molar-refractivity contribution >= 4 is 33.6 Å². The number of hydrogen-bond donors (Lipinski definition) is 3. The van der Waals surface area contributed by atoms with Crippen molar-refractivity contribution in [3.05, 3.63) is 54.2 Å². The number of para-hydroxylation sites is 1. The molecule has 0 bridgehead atoms. The van der Waals surface area contributed by atoms with Crippen LogP contribution in [0, 0.1) is 0 Å². The van der Waals surface area contributed by atoms with Crippen LogP contribution in [0.4, 0.5) is 11.8 Å². The lowest BCUT2D eigenvalue weighted by atomic mass is 9.91. The van der Waals surface area contributed by atoms with Crippen LogP contribution >= 0.6 is 0 Å². The Labute approximate surface area is 194 Å². The van der Waals surface area contributed by atoms with E-state index in [2.05, 4.69) is 51.0 Å². The quantitative estimate of drug-likeness (QED) is 0.384. The average molecular weight is 445 g/mol. The fourth-order valence-corrected chi connectivity index (χ4v) is 4.77. The van der Waals surface area contributed by atoms with Crippen molar-refractivity contribution in [3.8, 4) is 5.75 Å². The van der Waals surface area contributed by atoms with Gasteiger partial charge in [0.15, 0.2) is 0 Å². The van der Waals surface area contributed by atoms with E-state index in [9.17, 15) is 0 Å². The van der Waals surface area contributed by atoms with E-state index in [1.807, 2.05) is 32.3 Å². The maximum atomic E-state index is 5.39. The maximum Gasteiger partial charge on any atom is 0.225 e. The number of ether oxygens (including phenoxy) is 1. The van der Waals surface area contributed by atoms with Crippen molar-refractivity contribution < 1.29 is 4.74 Å². The number of aromatic nitrogens is 3. The highest BCUT2D eigenvalue weighted by Gasteiger charge is 2.22. The first-order valence-corrected chi connectivity index (χ1v) is 11.7. The zero-order valence-electron chi connectivity index (χ0n) is 19.6. The van der Waals surface area contributed by atoms with Gasteiger partial charge in [-0.25, -0.2) is 4.98 Å². The van der Waals surface area contributed by atoms with Crippen LogP contribution in [0.15, 0.2) is 48.7 Å². The van der Waals surface area contributed by atoms with Gasteiger partial charge in [-0.1, -0.05) is 12.1 Å². The zero-order chi connectivity index (χ0) is 22.8. The summed E-state index contributed by atoms with van der Waals surface area (Å²) in [5.41, 5.74) is 3.40. The Kier molecular flexibility index (Phi) is 6.05. The van der Waals surface area contributed by atoms with Crippen LogP contribution in [0.25, 0.3) is 21.8 Å². The van der Waals surface area contributed by atoms with Crippen LogP contribution in [0.1, 0.15) is 31.2 Å². The number of fused-ring (bicyclic) bond motifs is 2. The van der Waals surface area contributed by atoms with Gasteiger partial charge in [0.2, 0.25) is 5.95 Å². The summed E-state index contributed by atoms with van der Waals surface area (Å²) in [6.07, 6.45) is 6.58. The van der Waals surface area contributed by atoms with Crippen LogP contribution < -0.4 is 20.3 Å². The Morgan fingerprint density at radius 3 is 2.58 bits per heavy atom. The molecule has 4 aromatic rings. The molecule has 7 heteroatoms. The summed E-state index contributed by atoms with van der Waals surface area (Å²) in [6.45, 7) is 0.857. The highest BCUT2D eigenvalue weighted by atomic mass is 16.5. The van der Waals surface area contributed by atoms with Crippen molar-refractivity contribution in [2.75, 3.05) is 31.4 Å². The number of aromatic amines is 1. The number of H-pyrrole nitrogens is 1. The minimum Gasteiger partial charge on any atom is -0.497 e. The fourth-order valence-electron chi connectivity index (χ4n) is 4.77. The van der Waals surface area contributed by atoms with E-state index in [4.69, 9.17) is 14.7 Å². The molecule has 0 unspecified atom stereocenters. The fraction of sp³-hybridized carbons (Fsp3) is 0.385. The van der Waals surface area contributed by atoms with Crippen LogP contribution in [0.2, 0.25) is 0 Å². The first-order valence-electron chi connectivity index (χ1n) is 11.7. The van der Waals surface area contributed by atoms with E-state index in [-0.39, 0.29) is 0 Å². The Hall–Kier alpha value is -3.32. The van der Waals surface area contributed by atoms with E-state index in [0.29, 0.717) is 12.1 Å². The summed E-state index contributed by atoms with van der Waals surface area (Å²) >= 11 is 0. The Balaban J connectivity index is 1.19. The predicted molar refractivity (Wildman–Crippen MR) is 135 cm³/mol. The van der Waals surface area contributed by atoms with Crippen molar-refractivity contribution in [3.63, 3.8) is 0 Å². The molecule has 0 aliphatic heterocycles. The SMILES string of the molecule is COc1ccc2[nH]cc(CN[C@H]3CC[C@@H](Nc4nc(N(C)C)c5ccccc5n4)CC3)c2c1. The topological polar surface area (TPSA) is 78.1 Å². The number of anilines is 2. The molecule has 5 rings (SSSR count). The van der Waals surface area contributed by atoms with Gasteiger partial charge in [0.05, 0.1) is 12.6 Å². The Morgan fingerprint density at radius 1 is 1.00 bits per heavy atom. The third-order valence-electron chi connectivity index (χ3n) is 6.62. The predicted octanol–water partition coefficient (Wildman–Crippen LogP) is 4.70. The summed E-state index contributed by atoms with van der Waals surface area (Å²) < 4.78 is 5.39. The van der Waals surface area contributed by atoms with E-state index < -0.39 is 0 Å². The largest absolute Gasteiger partial charge is 0.497 e. The highest BCUT2D eigenvalue weighted by Crippen LogP contribution is 2.27. The van der Waals surface area contributed by atoms with E-state index >= 15 is 0 Å². The van der Waals surface area contributed by atoms with Gasteiger partial charge in [-0.2, -0.15) is 4.98 Å². The monoisotopic (exact) mass is 444 g/mol. The standard InChI is InChI=1S/C26H32N6O/c1-32(2)25-21-6-4-5-7-24(21)30-26(31-25)29-19-10-8-18(9-11-19)27-15-17-16-28-23-13-12-20(33-3)14-22(17)23/h4-7,12-14,16,18-19,27-28H,8-11,15H2,1-3H3,(H,29,30,31)/t18-,19+. The summed E-state index contributed by atoms with van der Waals surface area (Å²) in [5.74, 6) is 2.57. The molecule has 0 atom stereocenters. The second-order valence-corrected chi connectivity index (χ2v) is 9.08. The lowest BCUT2D eigenvalue weighted by Gasteiger charge is -2.30. The van der Waals surface area contributed by atoms with Gasteiger partial charge in [-0.05, 0) is 61.6 Å². The molecule has 0 amide bonds. The number of rotatable bonds is 7. The minimum absolute atomic E-state index is 0.400. The lowest BCUT2D eigenvalue weighted by molar-refractivity contribution is 0.352. The molecule has 0 saturated heterocycles. The summed E-state index contributed by atoms with van der Waals surface area (Å²) in [7, 11) is 5.76. The average Bonchev–Trinajstić information content (AvgIpc) is 3.25. The minimum atomic E-state index is 0.400. The van der Waals surface area contributed by atoms with Gasteiger partial charge in [-0.15, -0.1) is 0 Å². The second-order valence-electron chi connectivity index (χ2n) is 9.08. The third kappa shape index (κ3) is 4.59. The molecular formula is C26H32N6O. The molecule has 1 aliphatic carbocycles. The normalized spacial score (nSPS) is 18.5. The van der Waals surface area contributed by atoms with Crippen LogP contribution in [-0.4, -0.2) is 48.2 Å². The van der Waals surface area contributed by atoms with Gasteiger partial charge in [0.25, 0.3) is 0 Å². The van der Waals surface area contributed by atoms with Crippen LogP contribution in [0.5, 0.6) is 5.75 Å². The smallest absolute Gasteiger partial charge is 0.225 e. The van der Waals surface area contributed by atoms with Crippen LogP contribution in [-0.2, 0) is 6.54 Å². The molecule has 3 N–H and O–H groups in total. The van der Waals surface area contributed by atoms with E-state index in [1.54, 1.807) is 7.11 Å². The molecular weight excluding hydrogens is 412 g/mol. The molecule has 0 radical (unpaired) electrons. The molecule has 1 fully saturated rings. The third-order valence-corrected chi connectivity index (χ3v) is 6.62. The van der Waals surface area contributed by atoms with Crippen molar-refractivity contribution in [1.29, 1.82) is 0 Å². The van der Waals surface area contributed by atoms with Gasteiger partial charge in [0, 0.05) is 55.2 Å². The number of nitrogens with one attached hydrogen (secondary N) is 3. The zero-order valence-corrected chi connectivity index (χ0v) is 19.6. The first kappa shape index (κ1) is 21.5. The molecule has 33 heavy (non-hydrogen) atoms. The maximum absolute atomic E-state index is 5.39. The number of methoxy groups -OCH3 is 1. The van der Waals surface area contributed by atoms with Crippen molar-refractivity contribution in [2.24, 2.45) is 0 Å². The lowest BCUT2D eigenvalue weighted by Crippen LogP contribution is -2.36. The molecule has 1 saturated carbocycles. The second kappa shape index (κ2) is 9.27. The number of benzene rings is 2. The molecule has 172 valence electrons. The van der Waals surface area contributed by atoms with Gasteiger partial charge in [0.1, 0.15) is 11.6 Å². The molecule has 0 spiro atoms. The Morgan fingerprint density at radius 2 is 1.79 bits per heavy atom. The van der Waals surface area contributed by atoms with Gasteiger partial charge >= 0.3 is 0 Å². The summed E-state index contributed by atoms with van der Waals surface area (Å²) in [4.78, 5) is 15.0. The number of hydrogen-bond acceptors (Lipinski definition) is 6. The molecule has 1 aliphatic rings. The highest BCUT2D eigenvalue weighted by molar-refractivity contribution is 5.90. The van der Waals surface area contributed by atoms with E-state index in [1.165, 1.54) is 10.9 Å². The molecule has 2 aromatic heterocycles.